The Morgan fingerprint density at radius 2 is 2.13 bits per heavy atom. The van der Waals surface area contributed by atoms with Crippen LogP contribution in [0.25, 0.3) is 0 Å². The molecule has 0 fully saturated rings. The van der Waals surface area contributed by atoms with Crippen molar-refractivity contribution in [3.63, 3.8) is 0 Å². The van der Waals surface area contributed by atoms with Crippen LogP contribution in [0.4, 0.5) is 4.39 Å². The van der Waals surface area contributed by atoms with E-state index in [-0.39, 0.29) is 17.8 Å². The van der Waals surface area contributed by atoms with E-state index in [2.05, 4.69) is 15.9 Å². The van der Waals surface area contributed by atoms with Crippen LogP contribution in [0.2, 0.25) is 0 Å². The monoisotopic (exact) mass is 274 g/mol. The summed E-state index contributed by atoms with van der Waals surface area (Å²) in [5, 5.41) is 9.85. The van der Waals surface area contributed by atoms with Crippen molar-refractivity contribution >= 4 is 15.9 Å². The Kier molecular flexibility index (Phi) is 4.74. The summed E-state index contributed by atoms with van der Waals surface area (Å²) < 4.78 is 13.6. The van der Waals surface area contributed by atoms with Gasteiger partial charge in [0.15, 0.2) is 0 Å². The molecule has 0 radical (unpaired) electrons. The lowest BCUT2D eigenvalue weighted by Crippen LogP contribution is -2.15. The second-order valence-electron chi connectivity index (χ2n) is 3.81. The molecule has 0 spiro atoms. The molecule has 1 aromatic rings. The first kappa shape index (κ1) is 12.7. The molecule has 0 bridgehead atoms. The molecule has 1 rings (SSSR count). The van der Waals surface area contributed by atoms with Crippen LogP contribution in [0.15, 0.2) is 22.7 Å². The van der Waals surface area contributed by atoms with Crippen LogP contribution in [0.5, 0.6) is 0 Å². The summed E-state index contributed by atoms with van der Waals surface area (Å²) in [6.07, 6.45) is 1.35. The van der Waals surface area contributed by atoms with Gasteiger partial charge in [-0.25, -0.2) is 4.39 Å². The maximum atomic E-state index is 12.9. The summed E-state index contributed by atoms with van der Waals surface area (Å²) >= 11 is 3.32. The van der Waals surface area contributed by atoms with Crippen molar-refractivity contribution in [2.24, 2.45) is 0 Å². The Bertz CT molecular complexity index is 327. The fraction of sp³-hybridized carbons (Fsp3) is 0.500. The zero-order valence-electron chi connectivity index (χ0n) is 9.00. The molecule has 1 N–H and O–H groups in total. The second kappa shape index (κ2) is 5.61. The Hall–Kier alpha value is -0.410. The zero-order valence-corrected chi connectivity index (χ0v) is 10.6. The van der Waals surface area contributed by atoms with Crippen LogP contribution in [0, 0.1) is 5.82 Å². The average molecular weight is 275 g/mol. The van der Waals surface area contributed by atoms with E-state index in [9.17, 15) is 9.50 Å². The quantitative estimate of drug-likeness (QED) is 0.884. The van der Waals surface area contributed by atoms with Gasteiger partial charge in [0.1, 0.15) is 5.82 Å². The first-order valence-corrected chi connectivity index (χ1v) is 5.98. The first-order chi connectivity index (χ1) is 7.06. The Labute approximate surface area is 98.4 Å². The van der Waals surface area contributed by atoms with Gasteiger partial charge in [0.05, 0.1) is 6.10 Å². The normalized spacial score (nSPS) is 15.0. The lowest BCUT2D eigenvalue weighted by Gasteiger charge is -2.19. The molecule has 0 amide bonds. The maximum absolute atomic E-state index is 12.9. The van der Waals surface area contributed by atoms with Crippen LogP contribution in [0.1, 0.15) is 38.2 Å². The van der Waals surface area contributed by atoms with Gasteiger partial charge in [-0.3, -0.25) is 0 Å². The summed E-state index contributed by atoms with van der Waals surface area (Å²) in [5.74, 6) is -0.234. The number of hydrogen-bond acceptors (Lipinski definition) is 1. The van der Waals surface area contributed by atoms with E-state index < -0.39 is 0 Å². The highest BCUT2D eigenvalue weighted by atomic mass is 79.9. The highest BCUT2D eigenvalue weighted by Gasteiger charge is 2.17. The molecule has 0 aliphatic rings. The van der Waals surface area contributed by atoms with Crippen LogP contribution in [-0.2, 0) is 0 Å². The summed E-state index contributed by atoms with van der Waals surface area (Å²) in [5.41, 5.74) is 0.956. The molecule has 0 aromatic heterocycles. The van der Waals surface area contributed by atoms with E-state index in [0.717, 1.165) is 22.9 Å². The molecule has 15 heavy (non-hydrogen) atoms. The summed E-state index contributed by atoms with van der Waals surface area (Å²) in [7, 11) is 0. The highest BCUT2D eigenvalue weighted by molar-refractivity contribution is 9.10. The largest absolute Gasteiger partial charge is 0.393 e. The fourth-order valence-electron chi connectivity index (χ4n) is 1.62. The number of hydrogen-bond donors (Lipinski definition) is 1. The van der Waals surface area contributed by atoms with Crippen molar-refractivity contribution in [1.29, 1.82) is 0 Å². The molecule has 0 aliphatic carbocycles. The number of rotatable bonds is 4. The van der Waals surface area contributed by atoms with Crippen LogP contribution in [-0.4, -0.2) is 11.2 Å². The molecule has 2 unspecified atom stereocenters. The maximum Gasteiger partial charge on any atom is 0.124 e. The minimum absolute atomic E-state index is 0.0277. The Morgan fingerprint density at radius 1 is 1.47 bits per heavy atom. The molecule has 84 valence electrons. The third kappa shape index (κ3) is 3.28. The van der Waals surface area contributed by atoms with Gasteiger partial charge in [0.2, 0.25) is 0 Å². The lowest BCUT2D eigenvalue weighted by molar-refractivity contribution is 0.138. The molecular formula is C12H16BrFO. The Balaban J connectivity index is 2.86. The molecular weight excluding hydrogens is 259 g/mol. The van der Waals surface area contributed by atoms with Crippen molar-refractivity contribution in [3.05, 3.63) is 34.1 Å². The number of halogens is 2. The molecule has 0 saturated heterocycles. The predicted molar refractivity (Wildman–Crippen MR) is 63.4 cm³/mol. The Morgan fingerprint density at radius 3 is 2.67 bits per heavy atom. The van der Waals surface area contributed by atoms with Crippen LogP contribution < -0.4 is 0 Å². The lowest BCUT2D eigenvalue weighted by atomic mass is 9.93. The number of aliphatic hydroxyl groups excluding tert-OH is 1. The molecule has 2 atom stereocenters. The van der Waals surface area contributed by atoms with E-state index in [1.807, 2.05) is 13.8 Å². The smallest absolute Gasteiger partial charge is 0.124 e. The van der Waals surface area contributed by atoms with E-state index in [4.69, 9.17) is 0 Å². The summed E-state index contributed by atoms with van der Waals surface area (Å²) in [4.78, 5) is 0. The number of benzene rings is 1. The van der Waals surface area contributed by atoms with Crippen molar-refractivity contribution < 1.29 is 9.50 Å². The molecule has 3 heteroatoms. The van der Waals surface area contributed by atoms with Gasteiger partial charge in [0.25, 0.3) is 0 Å². The van der Waals surface area contributed by atoms with Gasteiger partial charge in [-0.1, -0.05) is 42.3 Å². The van der Waals surface area contributed by atoms with Crippen molar-refractivity contribution in [3.8, 4) is 0 Å². The standard InChI is InChI=1S/C12H16BrFO/c1-3-4-12(15)8(2)10-6-5-9(14)7-11(10)13/h5-8,12,15H,3-4H2,1-2H3. The van der Waals surface area contributed by atoms with Crippen molar-refractivity contribution in [1.82, 2.24) is 0 Å². The number of aliphatic hydroxyl groups is 1. The van der Waals surface area contributed by atoms with Gasteiger partial charge in [-0.05, 0) is 24.1 Å². The minimum Gasteiger partial charge on any atom is -0.393 e. The zero-order chi connectivity index (χ0) is 11.4. The minimum atomic E-state index is -0.364. The highest BCUT2D eigenvalue weighted by Crippen LogP contribution is 2.29. The third-order valence-electron chi connectivity index (χ3n) is 2.61. The van der Waals surface area contributed by atoms with Crippen LogP contribution in [0.3, 0.4) is 0 Å². The average Bonchev–Trinajstić information content (AvgIpc) is 2.17. The van der Waals surface area contributed by atoms with Crippen molar-refractivity contribution in [2.75, 3.05) is 0 Å². The molecule has 1 aromatic carbocycles. The van der Waals surface area contributed by atoms with E-state index in [0.29, 0.717) is 0 Å². The van der Waals surface area contributed by atoms with Gasteiger partial charge >= 0.3 is 0 Å². The van der Waals surface area contributed by atoms with Gasteiger partial charge < -0.3 is 5.11 Å². The SMILES string of the molecule is CCCC(O)C(C)c1ccc(F)cc1Br. The fourth-order valence-corrected chi connectivity index (χ4v) is 2.34. The van der Waals surface area contributed by atoms with Crippen LogP contribution >= 0.6 is 15.9 Å². The third-order valence-corrected chi connectivity index (χ3v) is 3.30. The van der Waals surface area contributed by atoms with E-state index >= 15 is 0 Å². The second-order valence-corrected chi connectivity index (χ2v) is 4.66. The van der Waals surface area contributed by atoms with Gasteiger partial charge in [-0.2, -0.15) is 0 Å². The van der Waals surface area contributed by atoms with E-state index in [1.54, 1.807) is 6.07 Å². The predicted octanol–water partition coefficient (Wildman–Crippen LogP) is 3.85. The summed E-state index contributed by atoms with van der Waals surface area (Å²) in [6, 6.07) is 4.59. The molecule has 0 saturated carbocycles. The van der Waals surface area contributed by atoms with Crippen molar-refractivity contribution in [2.45, 2.75) is 38.7 Å². The molecule has 0 aliphatic heterocycles. The molecule has 0 heterocycles. The van der Waals surface area contributed by atoms with Gasteiger partial charge in [0, 0.05) is 10.4 Å². The summed E-state index contributed by atoms with van der Waals surface area (Å²) in [6.45, 7) is 3.99. The van der Waals surface area contributed by atoms with E-state index in [1.165, 1.54) is 12.1 Å². The molecule has 1 nitrogen and oxygen atoms in total. The first-order valence-electron chi connectivity index (χ1n) is 5.19. The topological polar surface area (TPSA) is 20.2 Å². The van der Waals surface area contributed by atoms with Gasteiger partial charge in [-0.15, -0.1) is 0 Å².